The average Bonchev–Trinajstić information content (AvgIpc) is 3.56. The van der Waals surface area contributed by atoms with E-state index in [4.69, 9.17) is 30.9 Å². The molecule has 2 amide bonds. The largest absolute Gasteiger partial charge is 0.492 e. The molecule has 0 atom stereocenters. The number of ether oxygens (including phenoxy) is 3. The lowest BCUT2D eigenvalue weighted by Crippen LogP contribution is -2.25. The van der Waals surface area contributed by atoms with Crippen molar-refractivity contribution in [2.24, 2.45) is 0 Å². The van der Waals surface area contributed by atoms with Crippen molar-refractivity contribution in [3.05, 3.63) is 131 Å². The molecule has 260 valence electrons. The van der Waals surface area contributed by atoms with E-state index in [9.17, 15) is 19.2 Å². The zero-order valence-corrected chi connectivity index (χ0v) is 28.9. The van der Waals surface area contributed by atoms with Crippen LogP contribution in [0.2, 0.25) is 5.02 Å². The van der Waals surface area contributed by atoms with Crippen LogP contribution in [0, 0.1) is 0 Å². The number of nitrogens with zero attached hydrogens (tertiary/aromatic N) is 2. The van der Waals surface area contributed by atoms with Gasteiger partial charge in [-0.05, 0) is 106 Å². The zero-order valence-electron chi connectivity index (χ0n) is 28.1. The van der Waals surface area contributed by atoms with Crippen molar-refractivity contribution in [2.75, 3.05) is 30.5 Å². The third-order valence-corrected chi connectivity index (χ3v) is 7.66. The Labute approximate surface area is 299 Å². The minimum absolute atomic E-state index is 0.220. The second-order valence-corrected chi connectivity index (χ2v) is 11.3. The Morgan fingerprint density at radius 2 is 1.27 bits per heavy atom. The van der Waals surface area contributed by atoms with Crippen LogP contribution in [0.5, 0.6) is 5.75 Å². The number of halogens is 1. The van der Waals surface area contributed by atoms with Crippen LogP contribution < -0.4 is 15.4 Å². The normalized spacial score (nSPS) is 10.5. The fourth-order valence-electron chi connectivity index (χ4n) is 4.95. The van der Waals surface area contributed by atoms with Gasteiger partial charge in [-0.2, -0.15) is 5.10 Å². The summed E-state index contributed by atoms with van der Waals surface area (Å²) in [6, 6.07) is 26.8. The number of amides is 2. The summed E-state index contributed by atoms with van der Waals surface area (Å²) in [5.74, 6) is -1.96. The highest BCUT2D eigenvalue weighted by Crippen LogP contribution is 2.33. The van der Waals surface area contributed by atoms with E-state index < -0.39 is 23.8 Å². The minimum Gasteiger partial charge on any atom is -0.492 e. The van der Waals surface area contributed by atoms with Crippen molar-refractivity contribution >= 4 is 52.8 Å². The fraction of sp³-hybridized carbons (Fsp3) is 0.154. The van der Waals surface area contributed by atoms with Gasteiger partial charge in [-0.3, -0.25) is 9.59 Å². The molecule has 0 aliphatic heterocycles. The first-order chi connectivity index (χ1) is 24.7. The van der Waals surface area contributed by atoms with Gasteiger partial charge in [0.2, 0.25) is 0 Å². The summed E-state index contributed by atoms with van der Waals surface area (Å²) in [5.41, 5.74) is 3.28. The Kier molecular flexibility index (Phi) is 12.0. The smallest absolute Gasteiger partial charge is 0.338 e. The van der Waals surface area contributed by atoms with Crippen molar-refractivity contribution < 1.29 is 33.4 Å². The molecular formula is C39H35ClN4O7. The second-order valence-electron chi connectivity index (χ2n) is 10.9. The highest BCUT2D eigenvalue weighted by atomic mass is 35.5. The second kappa shape index (κ2) is 17.0. The Hall–Kier alpha value is -6.20. The molecule has 0 saturated carbocycles. The fourth-order valence-corrected chi connectivity index (χ4v) is 5.18. The molecule has 0 aliphatic carbocycles. The summed E-state index contributed by atoms with van der Waals surface area (Å²) >= 11 is 6.56. The number of rotatable bonds is 13. The maximum absolute atomic E-state index is 13.9. The van der Waals surface area contributed by atoms with Crippen LogP contribution in [0.3, 0.4) is 0 Å². The third-order valence-electron chi connectivity index (χ3n) is 7.37. The minimum atomic E-state index is -0.734. The summed E-state index contributed by atoms with van der Waals surface area (Å²) in [4.78, 5) is 52.1. The van der Waals surface area contributed by atoms with Crippen LogP contribution in [0.4, 0.5) is 11.4 Å². The van der Waals surface area contributed by atoms with E-state index in [1.807, 2.05) is 37.3 Å². The Morgan fingerprint density at radius 1 is 0.725 bits per heavy atom. The molecule has 0 spiro atoms. The number of anilines is 2. The molecule has 2 N–H and O–H groups in total. The van der Waals surface area contributed by atoms with Crippen LogP contribution in [0.1, 0.15) is 47.1 Å². The SMILES string of the molecule is CCOC(=O)c1ccc(NC(=O)C(=Cc2cn(-c3ccccc3)nc2-c2ccc(OCC)c(Cl)c2)C(=O)Nc2ccc(C(=O)OCC)cc2)cc1. The van der Waals surface area contributed by atoms with Crippen LogP contribution in [0.15, 0.2) is 109 Å². The molecule has 0 unspecified atom stereocenters. The van der Waals surface area contributed by atoms with E-state index >= 15 is 0 Å². The summed E-state index contributed by atoms with van der Waals surface area (Å²) in [6.45, 7) is 6.14. The van der Waals surface area contributed by atoms with Gasteiger partial charge in [-0.15, -0.1) is 0 Å². The lowest BCUT2D eigenvalue weighted by Gasteiger charge is -2.12. The van der Waals surface area contributed by atoms with Crippen LogP contribution in [-0.2, 0) is 19.1 Å². The van der Waals surface area contributed by atoms with Crippen molar-refractivity contribution in [1.82, 2.24) is 9.78 Å². The predicted octanol–water partition coefficient (Wildman–Crippen LogP) is 7.61. The Bertz CT molecular complexity index is 1980. The number of hydrogen-bond donors (Lipinski definition) is 2. The predicted molar refractivity (Wildman–Crippen MR) is 195 cm³/mol. The van der Waals surface area contributed by atoms with Crippen LogP contribution in [-0.4, -0.2) is 53.4 Å². The van der Waals surface area contributed by atoms with Crippen molar-refractivity contribution in [3.63, 3.8) is 0 Å². The maximum Gasteiger partial charge on any atom is 0.338 e. The standard InChI is InChI=1S/C39H35ClN4O7/c1-4-49-34-21-16-27(23-33(34)40)35-28(24-44(43-35)31-10-8-7-9-11-31)22-32(36(45)41-29-17-12-25(13-18-29)38(47)50-5-2)37(46)42-30-19-14-26(15-20-30)39(48)51-6-3/h7-24H,4-6H2,1-3H3,(H,41,45)(H,42,46). The number of aromatic nitrogens is 2. The summed E-state index contributed by atoms with van der Waals surface area (Å²) < 4.78 is 17.3. The zero-order chi connectivity index (χ0) is 36.3. The first kappa shape index (κ1) is 36.1. The van der Waals surface area contributed by atoms with Crippen LogP contribution >= 0.6 is 11.6 Å². The van der Waals surface area contributed by atoms with Gasteiger partial charge in [0.15, 0.2) is 0 Å². The maximum atomic E-state index is 13.9. The molecule has 0 radical (unpaired) electrons. The van der Waals surface area contributed by atoms with E-state index in [-0.39, 0.29) is 18.8 Å². The quantitative estimate of drug-likeness (QED) is 0.0553. The van der Waals surface area contributed by atoms with Gasteiger partial charge in [0.25, 0.3) is 11.8 Å². The lowest BCUT2D eigenvalue weighted by atomic mass is 10.0. The first-order valence-electron chi connectivity index (χ1n) is 16.2. The number of benzene rings is 4. The van der Waals surface area contributed by atoms with Gasteiger partial charge < -0.3 is 24.8 Å². The summed E-state index contributed by atoms with van der Waals surface area (Å²) in [7, 11) is 0. The van der Waals surface area contributed by atoms with Crippen molar-refractivity contribution in [3.8, 4) is 22.7 Å². The van der Waals surface area contributed by atoms with E-state index in [1.54, 1.807) is 42.9 Å². The molecule has 1 heterocycles. The molecular weight excluding hydrogens is 672 g/mol. The molecule has 51 heavy (non-hydrogen) atoms. The van der Waals surface area contributed by atoms with E-state index in [0.29, 0.717) is 56.7 Å². The molecule has 12 heteroatoms. The molecule has 1 aromatic heterocycles. The highest BCUT2D eigenvalue weighted by molar-refractivity contribution is 6.32. The number of carbonyl (C=O) groups is 4. The number of nitrogens with one attached hydrogen (secondary N) is 2. The van der Waals surface area contributed by atoms with Gasteiger partial charge in [0.05, 0.1) is 41.7 Å². The summed E-state index contributed by atoms with van der Waals surface area (Å²) in [5, 5.41) is 10.7. The van der Waals surface area contributed by atoms with Crippen molar-refractivity contribution in [1.29, 1.82) is 0 Å². The Morgan fingerprint density at radius 3 is 1.76 bits per heavy atom. The Balaban J connectivity index is 1.56. The molecule has 4 aromatic carbocycles. The molecule has 0 aliphatic rings. The number of hydrogen-bond acceptors (Lipinski definition) is 8. The van der Waals surface area contributed by atoms with Gasteiger partial charge in [-0.25, -0.2) is 14.3 Å². The lowest BCUT2D eigenvalue weighted by molar-refractivity contribution is -0.118. The van der Waals surface area contributed by atoms with Crippen molar-refractivity contribution in [2.45, 2.75) is 20.8 Å². The summed E-state index contributed by atoms with van der Waals surface area (Å²) in [6.07, 6.45) is 3.15. The van der Waals surface area contributed by atoms with Gasteiger partial charge >= 0.3 is 11.9 Å². The van der Waals surface area contributed by atoms with E-state index in [2.05, 4.69) is 10.6 Å². The molecule has 5 aromatic rings. The van der Waals surface area contributed by atoms with E-state index in [1.165, 1.54) is 54.6 Å². The number of carbonyl (C=O) groups excluding carboxylic acids is 4. The van der Waals surface area contributed by atoms with Gasteiger partial charge in [-0.1, -0.05) is 29.8 Å². The van der Waals surface area contributed by atoms with Gasteiger partial charge in [0.1, 0.15) is 17.0 Å². The van der Waals surface area contributed by atoms with E-state index in [0.717, 1.165) is 5.69 Å². The topological polar surface area (TPSA) is 138 Å². The third kappa shape index (κ3) is 9.08. The molecule has 11 nitrogen and oxygen atoms in total. The van der Waals surface area contributed by atoms with Crippen LogP contribution in [0.25, 0.3) is 23.0 Å². The average molecular weight is 707 g/mol. The molecule has 0 saturated heterocycles. The highest BCUT2D eigenvalue weighted by Gasteiger charge is 2.23. The molecule has 0 bridgehead atoms. The first-order valence-corrected chi connectivity index (χ1v) is 16.5. The monoisotopic (exact) mass is 706 g/mol. The molecule has 0 fully saturated rings. The van der Waals surface area contributed by atoms with Gasteiger partial charge in [0, 0.05) is 28.7 Å². The number of esters is 2. The number of para-hydroxylation sites is 1. The molecule has 5 rings (SSSR count).